The minimum absolute atomic E-state index is 0.00452. The number of carbonyl (C=O) groups excluding carboxylic acids is 1. The van der Waals surface area contributed by atoms with Gasteiger partial charge in [-0.1, -0.05) is 34.5 Å². The minimum Gasteiger partial charge on any atom is -0.485 e. The van der Waals surface area contributed by atoms with Crippen LogP contribution in [-0.4, -0.2) is 28.2 Å². The maximum atomic E-state index is 12.3. The first-order valence-electron chi connectivity index (χ1n) is 10.2. The second-order valence-corrected chi connectivity index (χ2v) is 8.94. The molecule has 1 aromatic heterocycles. The molecule has 2 bridgehead atoms. The molecule has 0 aliphatic heterocycles. The van der Waals surface area contributed by atoms with Crippen LogP contribution in [0.3, 0.4) is 0 Å². The van der Waals surface area contributed by atoms with Gasteiger partial charge in [0.1, 0.15) is 11.5 Å². The van der Waals surface area contributed by atoms with Crippen molar-refractivity contribution in [3.63, 3.8) is 0 Å². The van der Waals surface area contributed by atoms with Crippen molar-refractivity contribution in [2.75, 3.05) is 6.61 Å². The van der Waals surface area contributed by atoms with Gasteiger partial charge >= 0.3 is 0 Å². The highest BCUT2D eigenvalue weighted by Gasteiger charge is 2.71. The molecule has 3 aliphatic rings. The molecule has 1 amide bonds. The van der Waals surface area contributed by atoms with Crippen molar-refractivity contribution < 1.29 is 18.8 Å². The fourth-order valence-corrected chi connectivity index (χ4v) is 4.60. The third-order valence-corrected chi connectivity index (χ3v) is 6.18. The molecule has 0 radical (unpaired) electrons. The van der Waals surface area contributed by atoms with Crippen LogP contribution in [-0.2, 0) is 16.8 Å². The lowest BCUT2D eigenvalue weighted by Gasteiger charge is -2.68. The van der Waals surface area contributed by atoms with Crippen LogP contribution in [0.15, 0.2) is 53.1 Å². The maximum absolute atomic E-state index is 12.3. The quantitative estimate of drug-likeness (QED) is 0.571. The summed E-state index contributed by atoms with van der Waals surface area (Å²) in [5.41, 5.74) is 0.843. The topological polar surface area (TPSA) is 86.5 Å². The molecule has 0 atom stereocenters. The molecular weight excluding hydrogens is 418 g/mol. The van der Waals surface area contributed by atoms with Gasteiger partial charge in [-0.15, -0.1) is 0 Å². The van der Waals surface area contributed by atoms with Crippen molar-refractivity contribution in [2.24, 2.45) is 0 Å². The lowest BCUT2D eigenvalue weighted by molar-refractivity contribution is -0.143. The Kier molecular flexibility index (Phi) is 4.85. The van der Waals surface area contributed by atoms with E-state index >= 15 is 0 Å². The molecule has 1 heterocycles. The first-order chi connectivity index (χ1) is 14.9. The molecule has 0 unspecified atom stereocenters. The van der Waals surface area contributed by atoms with E-state index in [-0.39, 0.29) is 30.1 Å². The number of nitrogens with one attached hydrogen (secondary N) is 1. The normalized spacial score (nSPS) is 23.4. The van der Waals surface area contributed by atoms with Crippen LogP contribution < -0.4 is 14.8 Å². The molecule has 0 saturated heterocycles. The Morgan fingerprint density at radius 1 is 1.06 bits per heavy atom. The van der Waals surface area contributed by atoms with E-state index in [2.05, 4.69) is 15.5 Å². The molecular formula is C23H22ClN3O4. The van der Waals surface area contributed by atoms with Gasteiger partial charge in [0, 0.05) is 10.6 Å². The zero-order valence-electron chi connectivity index (χ0n) is 17.1. The Hall–Kier alpha value is -3.06. The fraction of sp³-hybridized carbons (Fsp3) is 0.348. The van der Waals surface area contributed by atoms with Gasteiger partial charge in [-0.25, -0.2) is 0 Å². The van der Waals surface area contributed by atoms with Crippen LogP contribution in [0.5, 0.6) is 11.5 Å². The summed E-state index contributed by atoms with van der Waals surface area (Å²) in [4.78, 5) is 16.8. The summed E-state index contributed by atoms with van der Waals surface area (Å²) in [5, 5.41) is 7.79. The van der Waals surface area contributed by atoms with Gasteiger partial charge in [0.2, 0.25) is 11.7 Å². The lowest BCUT2D eigenvalue weighted by atomic mass is 9.39. The Morgan fingerprint density at radius 3 is 2.42 bits per heavy atom. The van der Waals surface area contributed by atoms with E-state index in [1.807, 2.05) is 31.2 Å². The van der Waals surface area contributed by atoms with Crippen LogP contribution in [0, 0.1) is 6.92 Å². The Bertz CT molecular complexity index is 1070. The summed E-state index contributed by atoms with van der Waals surface area (Å²) in [5.74, 6) is 2.38. The summed E-state index contributed by atoms with van der Waals surface area (Å²) in [6.07, 6.45) is 2.40. The van der Waals surface area contributed by atoms with Crippen molar-refractivity contribution in [1.82, 2.24) is 15.5 Å². The van der Waals surface area contributed by atoms with E-state index in [1.54, 1.807) is 24.3 Å². The van der Waals surface area contributed by atoms with Crippen molar-refractivity contribution >= 4 is 17.5 Å². The molecule has 2 aromatic carbocycles. The Morgan fingerprint density at radius 2 is 1.71 bits per heavy atom. The number of hydrogen-bond acceptors (Lipinski definition) is 6. The number of hydrogen-bond donors (Lipinski definition) is 1. The van der Waals surface area contributed by atoms with Gasteiger partial charge in [-0.2, -0.15) is 4.98 Å². The molecule has 160 valence electrons. The fourth-order valence-electron chi connectivity index (χ4n) is 4.47. The number of rotatable bonds is 8. The summed E-state index contributed by atoms with van der Waals surface area (Å²) in [6.45, 7) is 2.23. The van der Waals surface area contributed by atoms with E-state index in [0.717, 1.165) is 24.8 Å². The minimum atomic E-state index is -0.178. The highest BCUT2D eigenvalue weighted by molar-refractivity contribution is 6.30. The average molecular weight is 440 g/mol. The standard InChI is InChI=1S/C23H22ClN3O4/c1-15-2-6-17(7-3-15)30-11-20(28)26-23-12-22(13-23,14-23)21-25-19(27-31-21)10-29-18-8-4-16(24)5-9-18/h2-9H,10-14H2,1H3,(H,26,28). The monoisotopic (exact) mass is 439 g/mol. The predicted molar refractivity (Wildman–Crippen MR) is 113 cm³/mol. The van der Waals surface area contributed by atoms with Gasteiger partial charge in [-0.3, -0.25) is 4.79 Å². The maximum Gasteiger partial charge on any atom is 0.258 e. The smallest absolute Gasteiger partial charge is 0.258 e. The summed E-state index contributed by atoms with van der Waals surface area (Å²) in [7, 11) is 0. The molecule has 31 heavy (non-hydrogen) atoms. The molecule has 6 rings (SSSR count). The number of benzene rings is 2. The SMILES string of the molecule is Cc1ccc(OCC(=O)NC23CC(c4nc(COc5ccc(Cl)cc5)no4)(C2)C3)cc1. The Labute approximate surface area is 184 Å². The first-order valence-corrected chi connectivity index (χ1v) is 10.5. The van der Waals surface area contributed by atoms with Gasteiger partial charge in [-0.05, 0) is 62.6 Å². The number of aryl methyl sites for hydroxylation is 1. The number of carbonyl (C=O) groups is 1. The zero-order chi connectivity index (χ0) is 21.5. The van der Waals surface area contributed by atoms with Crippen molar-refractivity contribution in [3.8, 4) is 11.5 Å². The van der Waals surface area contributed by atoms with Gasteiger partial charge in [0.15, 0.2) is 13.2 Å². The average Bonchev–Trinajstić information content (AvgIpc) is 3.17. The highest BCUT2D eigenvalue weighted by atomic mass is 35.5. The van der Waals surface area contributed by atoms with Gasteiger partial charge in [0.05, 0.1) is 5.41 Å². The highest BCUT2D eigenvalue weighted by Crippen LogP contribution is 2.67. The van der Waals surface area contributed by atoms with Crippen molar-refractivity contribution in [1.29, 1.82) is 0 Å². The molecule has 0 spiro atoms. The zero-order valence-corrected chi connectivity index (χ0v) is 17.8. The molecule has 1 N–H and O–H groups in total. The van der Waals surface area contributed by atoms with Crippen LogP contribution in [0.4, 0.5) is 0 Å². The number of amides is 1. The van der Waals surface area contributed by atoms with E-state index in [9.17, 15) is 4.79 Å². The second kappa shape index (κ2) is 7.57. The molecule has 3 saturated carbocycles. The largest absolute Gasteiger partial charge is 0.485 e. The third kappa shape index (κ3) is 3.97. The predicted octanol–water partition coefficient (Wildman–Crippen LogP) is 3.98. The molecule has 3 aliphatic carbocycles. The summed E-state index contributed by atoms with van der Waals surface area (Å²) < 4.78 is 16.7. The van der Waals surface area contributed by atoms with Crippen molar-refractivity contribution in [2.45, 2.75) is 43.7 Å². The van der Waals surface area contributed by atoms with E-state index in [1.165, 1.54) is 0 Å². The molecule has 8 heteroatoms. The molecule has 3 aromatic rings. The van der Waals surface area contributed by atoms with Crippen LogP contribution in [0.1, 0.15) is 36.5 Å². The third-order valence-electron chi connectivity index (χ3n) is 5.93. The summed E-state index contributed by atoms with van der Waals surface area (Å²) in [6, 6.07) is 14.7. The van der Waals surface area contributed by atoms with Crippen molar-refractivity contribution in [3.05, 3.63) is 70.8 Å². The lowest BCUT2D eigenvalue weighted by Crippen LogP contribution is -2.77. The molecule has 3 fully saturated rings. The number of halogens is 1. The van der Waals surface area contributed by atoms with E-state index in [0.29, 0.717) is 28.2 Å². The van der Waals surface area contributed by atoms with Gasteiger partial charge in [0.25, 0.3) is 5.91 Å². The van der Waals surface area contributed by atoms with E-state index < -0.39 is 0 Å². The van der Waals surface area contributed by atoms with Crippen LogP contribution >= 0.6 is 11.6 Å². The van der Waals surface area contributed by atoms with Gasteiger partial charge < -0.3 is 19.3 Å². The first kappa shape index (κ1) is 19.9. The molecule has 7 nitrogen and oxygen atoms in total. The number of ether oxygens (including phenoxy) is 2. The van der Waals surface area contributed by atoms with E-state index in [4.69, 9.17) is 25.6 Å². The second-order valence-electron chi connectivity index (χ2n) is 8.50. The number of aromatic nitrogens is 2. The number of nitrogens with zero attached hydrogens (tertiary/aromatic N) is 2. The van der Waals surface area contributed by atoms with Crippen LogP contribution in [0.2, 0.25) is 5.02 Å². The summed E-state index contributed by atoms with van der Waals surface area (Å²) >= 11 is 5.87. The Balaban J connectivity index is 1.09. The van der Waals surface area contributed by atoms with Crippen LogP contribution in [0.25, 0.3) is 0 Å².